The van der Waals surface area contributed by atoms with Crippen LogP contribution in [0.5, 0.6) is 0 Å². The van der Waals surface area contributed by atoms with Crippen LogP contribution in [0.1, 0.15) is 20.8 Å². The first-order chi connectivity index (χ1) is 12.0. The van der Waals surface area contributed by atoms with E-state index in [1.807, 2.05) is 56.3 Å². The summed E-state index contributed by atoms with van der Waals surface area (Å²) in [5, 5.41) is 4.70. The molecule has 0 aliphatic rings. The van der Waals surface area contributed by atoms with Crippen LogP contribution in [0.15, 0.2) is 42.5 Å². The Labute approximate surface area is 160 Å². The van der Waals surface area contributed by atoms with E-state index < -0.39 is 0 Å². The van der Waals surface area contributed by atoms with Crippen molar-refractivity contribution in [3.05, 3.63) is 63.5 Å². The van der Waals surface area contributed by atoms with Crippen molar-refractivity contribution < 1.29 is 4.79 Å². The molecule has 7 heteroatoms. The molecule has 3 aromatic rings. The first-order valence-electron chi connectivity index (χ1n) is 7.58. The molecule has 4 nitrogen and oxygen atoms in total. The van der Waals surface area contributed by atoms with Crippen LogP contribution in [0, 0.1) is 13.8 Å². The second-order valence-corrected chi connectivity index (χ2v) is 7.36. The van der Waals surface area contributed by atoms with E-state index in [4.69, 9.17) is 23.8 Å². The van der Waals surface area contributed by atoms with Crippen LogP contribution in [-0.4, -0.2) is 11.0 Å². The molecule has 0 saturated carbocycles. The Balaban J connectivity index is 1.66. The van der Waals surface area contributed by atoms with Crippen molar-refractivity contribution >= 4 is 61.9 Å². The number of halogens is 1. The average molecular weight is 390 g/mol. The van der Waals surface area contributed by atoms with Crippen LogP contribution in [0.2, 0.25) is 5.02 Å². The Kier molecular flexibility index (Phi) is 5.22. The van der Waals surface area contributed by atoms with Gasteiger partial charge in [0.25, 0.3) is 5.91 Å². The minimum absolute atomic E-state index is 0.305. The van der Waals surface area contributed by atoms with Gasteiger partial charge in [-0.15, -0.1) is 11.3 Å². The first-order valence-corrected chi connectivity index (χ1v) is 9.18. The summed E-state index contributed by atoms with van der Waals surface area (Å²) in [6.07, 6.45) is 0. The number of amides is 1. The highest BCUT2D eigenvalue weighted by molar-refractivity contribution is 7.80. The van der Waals surface area contributed by atoms with E-state index in [-0.39, 0.29) is 5.91 Å². The van der Waals surface area contributed by atoms with Crippen molar-refractivity contribution in [3.8, 4) is 0 Å². The minimum Gasteiger partial charge on any atom is -0.331 e. The number of hydrogen-bond acceptors (Lipinski definition) is 3. The van der Waals surface area contributed by atoms with Crippen LogP contribution < -0.4 is 16.2 Å². The van der Waals surface area contributed by atoms with Gasteiger partial charge in [-0.25, -0.2) is 0 Å². The molecule has 0 unspecified atom stereocenters. The fourth-order valence-corrected chi connectivity index (χ4v) is 3.94. The molecule has 3 N–H and O–H groups in total. The summed E-state index contributed by atoms with van der Waals surface area (Å²) in [5.41, 5.74) is 8.46. The van der Waals surface area contributed by atoms with Gasteiger partial charge in [-0.05, 0) is 49.3 Å². The zero-order chi connectivity index (χ0) is 18.0. The summed E-state index contributed by atoms with van der Waals surface area (Å²) >= 11 is 12.9. The minimum atomic E-state index is -0.323. The van der Waals surface area contributed by atoms with Crippen molar-refractivity contribution in [2.45, 2.75) is 13.8 Å². The number of carbonyl (C=O) groups is 1. The molecule has 1 amide bonds. The van der Waals surface area contributed by atoms with E-state index in [0.717, 1.165) is 26.9 Å². The molecule has 0 fully saturated rings. The van der Waals surface area contributed by atoms with E-state index in [2.05, 4.69) is 16.2 Å². The number of nitrogens with one attached hydrogen (secondary N) is 3. The lowest BCUT2D eigenvalue weighted by atomic mass is 10.1. The van der Waals surface area contributed by atoms with Gasteiger partial charge in [0.1, 0.15) is 4.88 Å². The summed E-state index contributed by atoms with van der Waals surface area (Å²) in [4.78, 5) is 12.8. The van der Waals surface area contributed by atoms with Gasteiger partial charge < -0.3 is 5.32 Å². The summed E-state index contributed by atoms with van der Waals surface area (Å²) in [5.74, 6) is -0.323. The van der Waals surface area contributed by atoms with Crippen LogP contribution in [0.4, 0.5) is 5.69 Å². The summed E-state index contributed by atoms with van der Waals surface area (Å²) in [7, 11) is 0. The largest absolute Gasteiger partial charge is 0.331 e. The van der Waals surface area contributed by atoms with E-state index in [1.165, 1.54) is 11.3 Å². The number of thiocarbonyl (C=S) groups is 1. The molecular weight excluding hydrogens is 374 g/mol. The highest BCUT2D eigenvalue weighted by Crippen LogP contribution is 2.34. The number of fused-ring (bicyclic) bond motifs is 1. The number of anilines is 1. The fraction of sp³-hybridized carbons (Fsp3) is 0.111. The Bertz CT molecular complexity index is 968. The molecule has 0 spiro atoms. The quantitative estimate of drug-likeness (QED) is 0.435. The lowest BCUT2D eigenvalue weighted by Crippen LogP contribution is -2.43. The molecular formula is C18H16ClN3OS2. The molecule has 1 aromatic heterocycles. The lowest BCUT2D eigenvalue weighted by Gasteiger charge is -2.14. The Hall–Kier alpha value is -2.15. The molecule has 2 aromatic carbocycles. The third-order valence-electron chi connectivity index (χ3n) is 3.88. The van der Waals surface area contributed by atoms with Crippen LogP contribution in [0.25, 0.3) is 10.1 Å². The van der Waals surface area contributed by atoms with Gasteiger partial charge >= 0.3 is 0 Å². The van der Waals surface area contributed by atoms with E-state index in [0.29, 0.717) is 15.0 Å². The normalized spacial score (nSPS) is 10.5. The van der Waals surface area contributed by atoms with Gasteiger partial charge in [-0.3, -0.25) is 15.6 Å². The Morgan fingerprint density at radius 1 is 1.08 bits per heavy atom. The molecule has 128 valence electrons. The van der Waals surface area contributed by atoms with Crippen molar-refractivity contribution in [1.82, 2.24) is 10.9 Å². The second kappa shape index (κ2) is 7.39. The predicted molar refractivity (Wildman–Crippen MR) is 110 cm³/mol. The molecule has 25 heavy (non-hydrogen) atoms. The molecule has 1 heterocycles. The van der Waals surface area contributed by atoms with Crippen molar-refractivity contribution in [2.24, 2.45) is 0 Å². The molecule has 0 saturated heterocycles. The van der Waals surface area contributed by atoms with Crippen LogP contribution in [0.3, 0.4) is 0 Å². The van der Waals surface area contributed by atoms with Crippen LogP contribution >= 0.6 is 35.2 Å². The SMILES string of the molecule is Cc1cccc(NC(=S)NNC(=O)c2sc3ccccc3c2Cl)c1C. The van der Waals surface area contributed by atoms with Gasteiger partial charge in [0.05, 0.1) is 5.02 Å². The zero-order valence-electron chi connectivity index (χ0n) is 13.6. The third-order valence-corrected chi connectivity index (χ3v) is 5.76. The molecule has 0 bridgehead atoms. The smallest absolute Gasteiger partial charge is 0.281 e. The topological polar surface area (TPSA) is 53.2 Å². The Morgan fingerprint density at radius 3 is 2.60 bits per heavy atom. The molecule has 3 rings (SSSR count). The number of hydrogen-bond donors (Lipinski definition) is 3. The van der Waals surface area contributed by atoms with Gasteiger partial charge in [-0.1, -0.05) is 41.9 Å². The molecule has 0 radical (unpaired) electrons. The molecule has 0 atom stereocenters. The summed E-state index contributed by atoms with van der Waals surface area (Å²) in [6, 6.07) is 13.5. The number of thiophene rings is 1. The lowest BCUT2D eigenvalue weighted by molar-refractivity contribution is 0.0948. The standard InChI is InChI=1S/C18H16ClN3OS2/c1-10-6-5-8-13(11(10)2)20-18(24)22-21-17(23)16-15(19)12-7-3-4-9-14(12)25-16/h3-9H,1-2H3,(H,21,23)(H2,20,22,24). The van der Waals surface area contributed by atoms with E-state index in [1.54, 1.807) is 0 Å². The monoisotopic (exact) mass is 389 g/mol. The van der Waals surface area contributed by atoms with Gasteiger partial charge in [0.2, 0.25) is 0 Å². The van der Waals surface area contributed by atoms with Crippen molar-refractivity contribution in [1.29, 1.82) is 0 Å². The number of aryl methyl sites for hydroxylation is 1. The maximum atomic E-state index is 12.4. The Morgan fingerprint density at radius 2 is 1.84 bits per heavy atom. The number of benzene rings is 2. The van der Waals surface area contributed by atoms with E-state index in [9.17, 15) is 4.79 Å². The average Bonchev–Trinajstić information content (AvgIpc) is 2.94. The van der Waals surface area contributed by atoms with Gasteiger partial charge in [0.15, 0.2) is 5.11 Å². The van der Waals surface area contributed by atoms with Crippen LogP contribution in [-0.2, 0) is 0 Å². The van der Waals surface area contributed by atoms with Crippen molar-refractivity contribution in [3.63, 3.8) is 0 Å². The fourth-order valence-electron chi connectivity index (χ4n) is 2.37. The summed E-state index contributed by atoms with van der Waals surface area (Å²) in [6.45, 7) is 4.04. The number of hydrazine groups is 1. The number of carbonyl (C=O) groups excluding carboxylic acids is 1. The number of rotatable bonds is 2. The highest BCUT2D eigenvalue weighted by Gasteiger charge is 2.17. The highest BCUT2D eigenvalue weighted by atomic mass is 35.5. The second-order valence-electron chi connectivity index (χ2n) is 5.52. The van der Waals surface area contributed by atoms with E-state index >= 15 is 0 Å². The maximum Gasteiger partial charge on any atom is 0.281 e. The zero-order valence-corrected chi connectivity index (χ0v) is 16.0. The first kappa shape index (κ1) is 17.7. The maximum absolute atomic E-state index is 12.4. The molecule has 0 aliphatic heterocycles. The predicted octanol–water partition coefficient (Wildman–Crippen LogP) is 4.80. The third kappa shape index (κ3) is 3.76. The molecule has 0 aliphatic carbocycles. The summed E-state index contributed by atoms with van der Waals surface area (Å²) < 4.78 is 0.966. The van der Waals surface area contributed by atoms with Crippen molar-refractivity contribution in [2.75, 3.05) is 5.32 Å². The van der Waals surface area contributed by atoms with Gasteiger partial charge in [0, 0.05) is 15.8 Å². The van der Waals surface area contributed by atoms with Gasteiger partial charge in [-0.2, -0.15) is 0 Å².